The molecule has 0 radical (unpaired) electrons. The second-order valence-corrected chi connectivity index (χ2v) is 6.60. The first-order valence-corrected chi connectivity index (χ1v) is 8.50. The number of oxime groups is 1. The first kappa shape index (κ1) is 15.6. The minimum absolute atomic E-state index is 0.201. The molecule has 1 aliphatic carbocycles. The van der Waals surface area contributed by atoms with Gasteiger partial charge in [-0.15, -0.1) is 0 Å². The van der Waals surface area contributed by atoms with Gasteiger partial charge in [0.25, 0.3) is 5.91 Å². The molecule has 0 atom stereocenters. The van der Waals surface area contributed by atoms with Crippen LogP contribution in [-0.2, 0) is 0 Å². The van der Waals surface area contributed by atoms with E-state index < -0.39 is 0 Å². The molecule has 4 nitrogen and oxygen atoms in total. The molecule has 0 saturated carbocycles. The van der Waals surface area contributed by atoms with E-state index in [-0.39, 0.29) is 5.91 Å². The standard InChI is InChI=1S/C20H13BrN2O2/c21-12-8-10-13(11-9-12)22-20(24)17-7-3-6-16-18(17)14-4-1-2-5-15(14)19(16)23-25/h1-11,25H,(H,22,24)/b23-19+. The molecule has 5 heteroatoms. The van der Waals surface area contributed by atoms with Crippen LogP contribution in [0.4, 0.5) is 5.69 Å². The van der Waals surface area contributed by atoms with Crippen LogP contribution in [0.2, 0.25) is 0 Å². The molecule has 0 fully saturated rings. The minimum atomic E-state index is -0.201. The zero-order valence-electron chi connectivity index (χ0n) is 13.0. The monoisotopic (exact) mass is 392 g/mol. The Balaban J connectivity index is 1.80. The molecule has 1 amide bonds. The lowest BCUT2D eigenvalue weighted by atomic mass is 9.99. The second-order valence-electron chi connectivity index (χ2n) is 5.68. The molecule has 0 unspecified atom stereocenters. The molecule has 3 aromatic carbocycles. The van der Waals surface area contributed by atoms with Crippen molar-refractivity contribution in [2.45, 2.75) is 0 Å². The molecule has 0 heterocycles. The van der Waals surface area contributed by atoms with Crippen LogP contribution in [0, 0.1) is 0 Å². The Labute approximate surface area is 152 Å². The number of nitrogens with zero attached hydrogens (tertiary/aromatic N) is 1. The number of halogens is 1. The SMILES string of the molecule is O=C(Nc1ccc(Br)cc1)c1cccc2c1-c1ccccc1/C2=N\O. The van der Waals surface area contributed by atoms with Crippen LogP contribution in [0.5, 0.6) is 0 Å². The Morgan fingerprint density at radius 2 is 1.56 bits per heavy atom. The van der Waals surface area contributed by atoms with Gasteiger partial charge in [0.15, 0.2) is 0 Å². The van der Waals surface area contributed by atoms with Gasteiger partial charge in [-0.3, -0.25) is 4.79 Å². The lowest BCUT2D eigenvalue weighted by Crippen LogP contribution is -2.13. The van der Waals surface area contributed by atoms with E-state index >= 15 is 0 Å². The molecule has 0 saturated heterocycles. The van der Waals surface area contributed by atoms with E-state index in [0.29, 0.717) is 17.0 Å². The third-order valence-electron chi connectivity index (χ3n) is 4.22. The van der Waals surface area contributed by atoms with Crippen molar-refractivity contribution >= 4 is 33.2 Å². The molecule has 0 bridgehead atoms. The van der Waals surface area contributed by atoms with Crippen molar-refractivity contribution in [3.05, 3.63) is 87.9 Å². The Kier molecular flexibility index (Phi) is 3.86. The van der Waals surface area contributed by atoms with Crippen LogP contribution in [0.3, 0.4) is 0 Å². The van der Waals surface area contributed by atoms with E-state index in [9.17, 15) is 10.0 Å². The summed E-state index contributed by atoms with van der Waals surface area (Å²) in [6, 6.07) is 20.5. The quantitative estimate of drug-likeness (QED) is 0.376. The predicted octanol–water partition coefficient (Wildman–Crippen LogP) is 4.91. The summed E-state index contributed by atoms with van der Waals surface area (Å²) in [6.07, 6.45) is 0. The average molecular weight is 393 g/mol. The van der Waals surface area contributed by atoms with E-state index in [1.807, 2.05) is 54.6 Å². The van der Waals surface area contributed by atoms with Crippen molar-refractivity contribution < 1.29 is 10.0 Å². The van der Waals surface area contributed by atoms with Crippen molar-refractivity contribution in [3.8, 4) is 11.1 Å². The van der Waals surface area contributed by atoms with Crippen molar-refractivity contribution in [3.63, 3.8) is 0 Å². The van der Waals surface area contributed by atoms with Gasteiger partial charge in [0.05, 0.1) is 0 Å². The van der Waals surface area contributed by atoms with Crippen LogP contribution in [0.25, 0.3) is 11.1 Å². The zero-order chi connectivity index (χ0) is 17.4. The predicted molar refractivity (Wildman–Crippen MR) is 101 cm³/mol. The van der Waals surface area contributed by atoms with Crippen LogP contribution in [-0.4, -0.2) is 16.8 Å². The van der Waals surface area contributed by atoms with Gasteiger partial charge in [0.2, 0.25) is 0 Å². The molecule has 25 heavy (non-hydrogen) atoms. The smallest absolute Gasteiger partial charge is 0.256 e. The summed E-state index contributed by atoms with van der Waals surface area (Å²) in [7, 11) is 0. The highest BCUT2D eigenvalue weighted by atomic mass is 79.9. The summed E-state index contributed by atoms with van der Waals surface area (Å²) >= 11 is 3.38. The maximum Gasteiger partial charge on any atom is 0.256 e. The number of benzene rings is 3. The van der Waals surface area contributed by atoms with Gasteiger partial charge < -0.3 is 10.5 Å². The van der Waals surface area contributed by atoms with Crippen LogP contribution < -0.4 is 5.32 Å². The number of hydrogen-bond acceptors (Lipinski definition) is 3. The topological polar surface area (TPSA) is 61.7 Å². The molecule has 122 valence electrons. The lowest BCUT2D eigenvalue weighted by Gasteiger charge is -2.10. The average Bonchev–Trinajstić information content (AvgIpc) is 2.97. The molecule has 0 aliphatic heterocycles. The second kappa shape index (κ2) is 6.18. The third kappa shape index (κ3) is 2.62. The Hall–Kier alpha value is -2.92. The van der Waals surface area contributed by atoms with Gasteiger partial charge in [-0.05, 0) is 35.9 Å². The maximum atomic E-state index is 12.8. The summed E-state index contributed by atoms with van der Waals surface area (Å²) in [5, 5.41) is 15.8. The van der Waals surface area contributed by atoms with E-state index in [4.69, 9.17) is 0 Å². The number of amides is 1. The fourth-order valence-electron chi connectivity index (χ4n) is 3.12. The highest BCUT2D eigenvalue weighted by Gasteiger charge is 2.29. The minimum Gasteiger partial charge on any atom is -0.410 e. The van der Waals surface area contributed by atoms with E-state index in [2.05, 4.69) is 26.4 Å². The molecule has 2 N–H and O–H groups in total. The van der Waals surface area contributed by atoms with Crippen LogP contribution in [0.15, 0.2) is 76.4 Å². The molecule has 0 aromatic heterocycles. The summed E-state index contributed by atoms with van der Waals surface area (Å²) in [5.74, 6) is -0.201. The first-order valence-electron chi connectivity index (χ1n) is 7.71. The summed E-state index contributed by atoms with van der Waals surface area (Å²) < 4.78 is 0.948. The summed E-state index contributed by atoms with van der Waals surface area (Å²) in [5.41, 5.74) is 5.02. The highest BCUT2D eigenvalue weighted by Crippen LogP contribution is 2.39. The Morgan fingerprint density at radius 3 is 2.28 bits per heavy atom. The van der Waals surface area contributed by atoms with Crippen molar-refractivity contribution in [1.82, 2.24) is 0 Å². The van der Waals surface area contributed by atoms with Gasteiger partial charge in [-0.25, -0.2) is 0 Å². The molecular weight excluding hydrogens is 380 g/mol. The van der Waals surface area contributed by atoms with E-state index in [0.717, 1.165) is 26.7 Å². The van der Waals surface area contributed by atoms with Crippen molar-refractivity contribution in [2.75, 3.05) is 5.32 Å². The van der Waals surface area contributed by atoms with Crippen LogP contribution >= 0.6 is 15.9 Å². The normalized spacial score (nSPS) is 13.4. The van der Waals surface area contributed by atoms with Gasteiger partial charge in [0, 0.05) is 32.4 Å². The zero-order valence-corrected chi connectivity index (χ0v) is 14.6. The van der Waals surface area contributed by atoms with Crippen LogP contribution in [0.1, 0.15) is 21.5 Å². The molecular formula is C20H13BrN2O2. The number of carbonyl (C=O) groups is 1. The number of hydrogen-bond donors (Lipinski definition) is 2. The summed E-state index contributed by atoms with van der Waals surface area (Å²) in [4.78, 5) is 12.8. The number of carbonyl (C=O) groups excluding carboxylic acids is 1. The van der Waals surface area contributed by atoms with E-state index in [1.54, 1.807) is 12.1 Å². The van der Waals surface area contributed by atoms with Gasteiger partial charge in [-0.1, -0.05) is 57.5 Å². The third-order valence-corrected chi connectivity index (χ3v) is 4.75. The molecule has 0 spiro atoms. The summed E-state index contributed by atoms with van der Waals surface area (Å²) in [6.45, 7) is 0. The number of nitrogens with one attached hydrogen (secondary N) is 1. The lowest BCUT2D eigenvalue weighted by molar-refractivity contribution is 0.102. The number of fused-ring (bicyclic) bond motifs is 3. The Bertz CT molecular complexity index is 1010. The Morgan fingerprint density at radius 1 is 0.880 bits per heavy atom. The largest absolute Gasteiger partial charge is 0.410 e. The van der Waals surface area contributed by atoms with Gasteiger partial charge in [0.1, 0.15) is 5.71 Å². The molecule has 3 aromatic rings. The fourth-order valence-corrected chi connectivity index (χ4v) is 3.39. The van der Waals surface area contributed by atoms with Crippen molar-refractivity contribution in [1.29, 1.82) is 0 Å². The van der Waals surface area contributed by atoms with Crippen molar-refractivity contribution in [2.24, 2.45) is 5.16 Å². The highest BCUT2D eigenvalue weighted by molar-refractivity contribution is 9.10. The number of anilines is 1. The van der Waals surface area contributed by atoms with E-state index in [1.165, 1.54) is 0 Å². The first-order chi connectivity index (χ1) is 12.2. The maximum absolute atomic E-state index is 12.8. The van der Waals surface area contributed by atoms with Gasteiger partial charge in [-0.2, -0.15) is 0 Å². The number of rotatable bonds is 2. The molecule has 1 aliphatic rings. The molecule has 4 rings (SSSR count). The van der Waals surface area contributed by atoms with Gasteiger partial charge >= 0.3 is 0 Å². The fraction of sp³-hybridized carbons (Fsp3) is 0.